The minimum Gasteiger partial charge on any atom is -0.377 e. The Balaban J connectivity index is 2.27. The normalized spacial score (nSPS) is 10.0. The molecule has 0 spiro atoms. The third-order valence-electron chi connectivity index (χ3n) is 1.18. The summed E-state index contributed by atoms with van der Waals surface area (Å²) in [5, 5.41) is 4.47. The molecule has 4 heteroatoms. The van der Waals surface area contributed by atoms with Gasteiger partial charge in [0.1, 0.15) is 0 Å². The second-order valence-electron chi connectivity index (χ2n) is 2.07. The lowest BCUT2D eigenvalue weighted by Crippen LogP contribution is -1.99. The number of rotatable bonds is 4. The summed E-state index contributed by atoms with van der Waals surface area (Å²) in [5.74, 6) is 0.722. The third kappa shape index (κ3) is 3.45. The molecule has 62 valence electrons. The van der Waals surface area contributed by atoms with Crippen LogP contribution in [0.25, 0.3) is 0 Å². The Kier molecular flexibility index (Phi) is 4.26. The van der Waals surface area contributed by atoms with Crippen LogP contribution < -0.4 is 5.32 Å². The Morgan fingerprint density at radius 3 is 2.91 bits per heavy atom. The van der Waals surface area contributed by atoms with Crippen molar-refractivity contribution >= 4 is 43.9 Å². The van der Waals surface area contributed by atoms with Gasteiger partial charge >= 0.3 is 0 Å². The van der Waals surface area contributed by atoms with Gasteiger partial charge < -0.3 is 5.32 Å². The Labute approximate surface area is 83.9 Å². The molecule has 0 saturated heterocycles. The molecule has 1 aromatic rings. The molecule has 0 aliphatic carbocycles. The van der Waals surface area contributed by atoms with Crippen molar-refractivity contribution in [3.63, 3.8) is 0 Å². The van der Waals surface area contributed by atoms with E-state index >= 15 is 0 Å². The number of hydrogen-bond donors (Lipinski definition) is 1. The average Bonchev–Trinajstić information content (AvgIpc) is 2.37. The topological polar surface area (TPSA) is 12.0 Å². The van der Waals surface area contributed by atoms with Crippen LogP contribution in [-0.4, -0.2) is 12.4 Å². The molecule has 0 atom stereocenters. The second-order valence-corrected chi connectivity index (χ2v) is 4.91. The maximum Gasteiger partial charge on any atom is 0.0894 e. The zero-order chi connectivity index (χ0) is 8.10. The zero-order valence-electron chi connectivity index (χ0n) is 5.94. The molecule has 0 unspecified atom stereocenters. The van der Waals surface area contributed by atoms with Crippen molar-refractivity contribution in [2.75, 3.05) is 17.7 Å². The lowest BCUT2D eigenvalue weighted by molar-refractivity contribution is 0.991. The fraction of sp³-hybridized carbons (Fsp3) is 0.429. The lowest BCUT2D eigenvalue weighted by Gasteiger charge is -1.98. The largest absolute Gasteiger partial charge is 0.377 e. The summed E-state index contributed by atoms with van der Waals surface area (Å²) in [6.45, 7) is 0.955. The molecule has 1 nitrogen and oxygen atoms in total. The summed E-state index contributed by atoms with van der Waals surface area (Å²) < 4.78 is 1.16. The summed E-state index contributed by atoms with van der Waals surface area (Å²) in [7, 11) is 0. The highest BCUT2D eigenvalue weighted by atomic mass is 79.9. The van der Waals surface area contributed by atoms with Crippen LogP contribution in [0.5, 0.6) is 0 Å². The van der Waals surface area contributed by atoms with Gasteiger partial charge in [0.05, 0.1) is 8.79 Å². The van der Waals surface area contributed by atoms with Gasteiger partial charge in [0.25, 0.3) is 0 Å². The Morgan fingerprint density at radius 1 is 1.55 bits per heavy atom. The van der Waals surface area contributed by atoms with Crippen LogP contribution in [0.2, 0.25) is 0 Å². The molecular formula is C7H9BrClNS. The zero-order valence-corrected chi connectivity index (χ0v) is 9.10. The number of thiophene rings is 1. The average molecular weight is 255 g/mol. The molecule has 0 radical (unpaired) electrons. The predicted molar refractivity (Wildman–Crippen MR) is 55.8 cm³/mol. The predicted octanol–water partition coefficient (Wildman–Crippen LogP) is 3.55. The molecule has 0 amide bonds. The fourth-order valence-electron chi connectivity index (χ4n) is 0.688. The second kappa shape index (κ2) is 5.01. The van der Waals surface area contributed by atoms with Crippen LogP contribution in [-0.2, 0) is 0 Å². The van der Waals surface area contributed by atoms with Gasteiger partial charge in [0.15, 0.2) is 0 Å². The van der Waals surface area contributed by atoms with Crippen LogP contribution in [0.1, 0.15) is 6.42 Å². The molecule has 11 heavy (non-hydrogen) atoms. The van der Waals surface area contributed by atoms with Crippen LogP contribution in [0.4, 0.5) is 5.00 Å². The number of halogens is 2. The fourth-order valence-corrected chi connectivity index (χ4v) is 2.13. The van der Waals surface area contributed by atoms with Gasteiger partial charge in [0.2, 0.25) is 0 Å². The summed E-state index contributed by atoms with van der Waals surface area (Å²) >= 11 is 10.6. The number of anilines is 1. The van der Waals surface area contributed by atoms with E-state index in [0.717, 1.165) is 22.6 Å². The van der Waals surface area contributed by atoms with E-state index in [1.165, 1.54) is 5.00 Å². The van der Waals surface area contributed by atoms with Gasteiger partial charge in [-0.1, -0.05) is 0 Å². The number of hydrogen-bond acceptors (Lipinski definition) is 2. The standard InChI is InChI=1S/C7H9BrClNS/c8-6-2-3-7(11-6)10-5-1-4-9/h2-3,10H,1,4-5H2. The summed E-state index contributed by atoms with van der Waals surface area (Å²) in [5.41, 5.74) is 0. The number of nitrogens with one attached hydrogen (secondary N) is 1. The molecule has 0 fully saturated rings. The first-order valence-corrected chi connectivity index (χ1v) is 5.52. The quantitative estimate of drug-likeness (QED) is 0.640. The monoisotopic (exact) mass is 253 g/mol. The van der Waals surface area contributed by atoms with Gasteiger partial charge in [-0.2, -0.15) is 0 Å². The molecule has 1 aromatic heterocycles. The number of alkyl halides is 1. The lowest BCUT2D eigenvalue weighted by atomic mass is 10.5. The summed E-state index contributed by atoms with van der Waals surface area (Å²) in [4.78, 5) is 0. The van der Waals surface area contributed by atoms with Crippen LogP contribution in [0.3, 0.4) is 0 Å². The molecular weight excluding hydrogens is 246 g/mol. The van der Waals surface area contributed by atoms with Crippen molar-refractivity contribution in [1.29, 1.82) is 0 Å². The van der Waals surface area contributed by atoms with Crippen LogP contribution in [0, 0.1) is 0 Å². The van der Waals surface area contributed by atoms with E-state index in [0.29, 0.717) is 0 Å². The SMILES string of the molecule is ClCCCNc1ccc(Br)s1. The van der Waals surface area contributed by atoms with E-state index in [-0.39, 0.29) is 0 Å². The van der Waals surface area contributed by atoms with Crippen molar-refractivity contribution in [2.24, 2.45) is 0 Å². The van der Waals surface area contributed by atoms with Gasteiger partial charge in [-0.25, -0.2) is 0 Å². The maximum atomic E-state index is 5.53. The molecule has 1 rings (SSSR count). The van der Waals surface area contributed by atoms with E-state index in [4.69, 9.17) is 11.6 Å². The first-order valence-electron chi connectivity index (χ1n) is 3.38. The van der Waals surface area contributed by atoms with Crippen molar-refractivity contribution in [3.8, 4) is 0 Å². The Hall–Kier alpha value is 0.270. The Morgan fingerprint density at radius 2 is 2.36 bits per heavy atom. The molecule has 0 bridgehead atoms. The van der Waals surface area contributed by atoms with E-state index < -0.39 is 0 Å². The highest BCUT2D eigenvalue weighted by Gasteiger charge is 1.94. The molecule has 0 aliphatic heterocycles. The van der Waals surface area contributed by atoms with Crippen LogP contribution >= 0.6 is 38.9 Å². The van der Waals surface area contributed by atoms with E-state index in [2.05, 4.69) is 27.3 Å². The Bertz CT molecular complexity index is 214. The van der Waals surface area contributed by atoms with Gasteiger partial charge in [-0.15, -0.1) is 22.9 Å². The smallest absolute Gasteiger partial charge is 0.0894 e. The van der Waals surface area contributed by atoms with Crippen molar-refractivity contribution < 1.29 is 0 Å². The third-order valence-corrected chi connectivity index (χ3v) is 3.03. The minimum absolute atomic E-state index is 0.722. The summed E-state index contributed by atoms with van der Waals surface area (Å²) in [6.07, 6.45) is 1.01. The summed E-state index contributed by atoms with van der Waals surface area (Å²) in [6, 6.07) is 4.09. The van der Waals surface area contributed by atoms with Gasteiger partial charge in [-0.3, -0.25) is 0 Å². The minimum atomic E-state index is 0.722. The van der Waals surface area contributed by atoms with Crippen molar-refractivity contribution in [3.05, 3.63) is 15.9 Å². The van der Waals surface area contributed by atoms with Gasteiger partial charge in [-0.05, 0) is 34.5 Å². The molecule has 0 aliphatic rings. The van der Waals surface area contributed by atoms with Crippen molar-refractivity contribution in [1.82, 2.24) is 0 Å². The van der Waals surface area contributed by atoms with E-state index in [1.807, 2.05) is 6.07 Å². The van der Waals surface area contributed by atoms with Gasteiger partial charge in [0, 0.05) is 12.4 Å². The van der Waals surface area contributed by atoms with E-state index in [1.54, 1.807) is 11.3 Å². The molecule has 1 heterocycles. The highest BCUT2D eigenvalue weighted by molar-refractivity contribution is 9.11. The first kappa shape index (κ1) is 9.36. The molecule has 1 N–H and O–H groups in total. The highest BCUT2D eigenvalue weighted by Crippen LogP contribution is 2.26. The van der Waals surface area contributed by atoms with Crippen LogP contribution in [0.15, 0.2) is 15.9 Å². The first-order chi connectivity index (χ1) is 5.33. The van der Waals surface area contributed by atoms with E-state index in [9.17, 15) is 0 Å². The molecule has 0 aromatic carbocycles. The van der Waals surface area contributed by atoms with Crippen molar-refractivity contribution in [2.45, 2.75) is 6.42 Å². The molecule has 0 saturated carbocycles. The maximum absolute atomic E-state index is 5.53.